The van der Waals surface area contributed by atoms with Crippen molar-refractivity contribution in [1.29, 1.82) is 0 Å². The van der Waals surface area contributed by atoms with Gasteiger partial charge in [0, 0.05) is 6.20 Å². The first-order chi connectivity index (χ1) is 10.9. The Kier molecular flexibility index (Phi) is 3.32. The number of anilines is 1. The Balaban J connectivity index is 2.35. The van der Waals surface area contributed by atoms with Crippen molar-refractivity contribution in [2.75, 3.05) is 12.8 Å². The van der Waals surface area contributed by atoms with Gasteiger partial charge in [-0.1, -0.05) is 0 Å². The van der Waals surface area contributed by atoms with Crippen molar-refractivity contribution in [2.45, 2.75) is 0 Å². The number of methoxy groups -OCH3 is 1. The molecule has 1 aromatic carbocycles. The Morgan fingerprint density at radius 2 is 2.13 bits per heavy atom. The maximum atomic E-state index is 14.2. The standard InChI is InChI=1S/C14H10F2N4O3/c1-23-13-6(9-7(15)2-3-8(17)10(9)16)4-20-5-18-11(14(21)22)12(20)19-13/h2-5H,17H2,1H3,(H,21,22). The molecule has 0 amide bonds. The fourth-order valence-corrected chi connectivity index (χ4v) is 2.20. The first-order valence-electron chi connectivity index (χ1n) is 6.33. The lowest BCUT2D eigenvalue weighted by Gasteiger charge is -2.11. The second kappa shape index (κ2) is 5.20. The zero-order chi connectivity index (χ0) is 16.7. The van der Waals surface area contributed by atoms with E-state index in [1.54, 1.807) is 0 Å². The number of carbonyl (C=O) groups is 1. The van der Waals surface area contributed by atoms with Crippen LogP contribution < -0.4 is 10.5 Å². The number of carboxylic acids is 1. The first-order valence-corrected chi connectivity index (χ1v) is 6.33. The lowest BCUT2D eigenvalue weighted by Crippen LogP contribution is -2.04. The molecule has 118 valence electrons. The van der Waals surface area contributed by atoms with Crippen molar-refractivity contribution in [3.05, 3.63) is 42.0 Å². The summed E-state index contributed by atoms with van der Waals surface area (Å²) in [4.78, 5) is 18.8. The lowest BCUT2D eigenvalue weighted by atomic mass is 10.1. The van der Waals surface area contributed by atoms with Gasteiger partial charge in [-0.3, -0.25) is 4.40 Å². The van der Waals surface area contributed by atoms with Gasteiger partial charge < -0.3 is 15.6 Å². The summed E-state index contributed by atoms with van der Waals surface area (Å²) in [5.41, 5.74) is 4.49. The Morgan fingerprint density at radius 3 is 2.78 bits per heavy atom. The summed E-state index contributed by atoms with van der Waals surface area (Å²) in [5.74, 6) is -3.24. The fraction of sp³-hybridized carbons (Fsp3) is 0.0714. The highest BCUT2D eigenvalue weighted by Gasteiger charge is 2.22. The first kappa shape index (κ1) is 14.7. The van der Waals surface area contributed by atoms with E-state index < -0.39 is 23.2 Å². The normalized spacial score (nSPS) is 10.9. The number of nitrogens with two attached hydrogens (primary N) is 1. The molecular formula is C14H10F2N4O3. The highest BCUT2D eigenvalue weighted by atomic mass is 19.1. The fourth-order valence-electron chi connectivity index (χ4n) is 2.20. The molecule has 0 bridgehead atoms. The minimum Gasteiger partial charge on any atom is -0.480 e. The Labute approximate surface area is 128 Å². The second-order valence-corrected chi connectivity index (χ2v) is 4.62. The average Bonchev–Trinajstić information content (AvgIpc) is 2.93. The van der Waals surface area contributed by atoms with E-state index in [2.05, 4.69) is 9.97 Å². The molecule has 2 heterocycles. The molecule has 0 fully saturated rings. The number of rotatable bonds is 3. The van der Waals surface area contributed by atoms with Crippen LogP contribution in [0.15, 0.2) is 24.7 Å². The van der Waals surface area contributed by atoms with Gasteiger partial charge in [0.15, 0.2) is 17.2 Å². The third kappa shape index (κ3) is 2.22. The van der Waals surface area contributed by atoms with Crippen LogP contribution in [0.2, 0.25) is 0 Å². The molecule has 0 unspecified atom stereocenters. The number of imidazole rings is 1. The van der Waals surface area contributed by atoms with Crippen molar-refractivity contribution >= 4 is 17.3 Å². The number of carboxylic acid groups (broad SMARTS) is 1. The highest BCUT2D eigenvalue weighted by Crippen LogP contribution is 2.35. The van der Waals surface area contributed by atoms with Crippen molar-refractivity contribution in [2.24, 2.45) is 0 Å². The smallest absolute Gasteiger partial charge is 0.358 e. The van der Waals surface area contributed by atoms with Gasteiger partial charge >= 0.3 is 5.97 Å². The topological polar surface area (TPSA) is 103 Å². The van der Waals surface area contributed by atoms with E-state index in [1.165, 1.54) is 24.0 Å². The van der Waals surface area contributed by atoms with E-state index in [0.717, 1.165) is 12.1 Å². The zero-order valence-electron chi connectivity index (χ0n) is 11.7. The average molecular weight is 320 g/mol. The van der Waals surface area contributed by atoms with Crippen LogP contribution in [-0.4, -0.2) is 32.6 Å². The molecule has 0 aliphatic carbocycles. The number of nitrogen functional groups attached to an aromatic ring is 1. The summed E-state index contributed by atoms with van der Waals surface area (Å²) >= 11 is 0. The molecule has 3 N–H and O–H groups in total. The second-order valence-electron chi connectivity index (χ2n) is 4.62. The molecule has 3 aromatic rings. The van der Waals surface area contributed by atoms with Gasteiger partial charge in [0.1, 0.15) is 12.1 Å². The molecular weight excluding hydrogens is 310 g/mol. The molecule has 2 aromatic heterocycles. The maximum Gasteiger partial charge on any atom is 0.358 e. The van der Waals surface area contributed by atoms with Crippen molar-refractivity contribution < 1.29 is 23.4 Å². The Morgan fingerprint density at radius 1 is 1.39 bits per heavy atom. The van der Waals surface area contributed by atoms with Crippen LogP contribution in [-0.2, 0) is 0 Å². The Bertz CT molecular complexity index is 939. The number of hydrogen-bond acceptors (Lipinski definition) is 5. The quantitative estimate of drug-likeness (QED) is 0.715. The van der Waals surface area contributed by atoms with E-state index in [0.29, 0.717) is 0 Å². The van der Waals surface area contributed by atoms with Crippen LogP contribution in [0.1, 0.15) is 10.5 Å². The third-order valence-corrected chi connectivity index (χ3v) is 3.26. The highest BCUT2D eigenvalue weighted by molar-refractivity contribution is 5.92. The van der Waals surface area contributed by atoms with Crippen molar-refractivity contribution in [1.82, 2.24) is 14.4 Å². The third-order valence-electron chi connectivity index (χ3n) is 3.26. The molecule has 0 spiro atoms. The van der Waals surface area contributed by atoms with Gasteiger partial charge in [-0.05, 0) is 12.1 Å². The molecule has 0 aliphatic heterocycles. The summed E-state index contributed by atoms with van der Waals surface area (Å²) in [6.45, 7) is 0. The molecule has 7 nitrogen and oxygen atoms in total. The molecule has 3 rings (SSSR count). The SMILES string of the molecule is COc1nc2c(C(=O)O)ncn2cc1-c1c(F)ccc(N)c1F. The maximum absolute atomic E-state index is 14.2. The molecule has 0 atom stereocenters. The van der Waals surface area contributed by atoms with Crippen LogP contribution in [0.25, 0.3) is 16.8 Å². The molecule has 0 saturated carbocycles. The van der Waals surface area contributed by atoms with Gasteiger partial charge in [0.05, 0.1) is 23.9 Å². The summed E-state index contributed by atoms with van der Waals surface area (Å²) in [7, 11) is 1.25. The monoisotopic (exact) mass is 320 g/mol. The van der Waals surface area contributed by atoms with Crippen LogP contribution in [0.4, 0.5) is 14.5 Å². The zero-order valence-corrected chi connectivity index (χ0v) is 11.7. The largest absolute Gasteiger partial charge is 0.480 e. The number of fused-ring (bicyclic) bond motifs is 1. The van der Waals surface area contributed by atoms with Gasteiger partial charge in [-0.2, -0.15) is 4.98 Å². The van der Waals surface area contributed by atoms with E-state index in [1.807, 2.05) is 0 Å². The molecule has 0 saturated heterocycles. The van der Waals surface area contributed by atoms with Gasteiger partial charge in [0.25, 0.3) is 0 Å². The van der Waals surface area contributed by atoms with E-state index in [9.17, 15) is 13.6 Å². The van der Waals surface area contributed by atoms with Gasteiger partial charge in [0.2, 0.25) is 5.88 Å². The number of benzene rings is 1. The van der Waals surface area contributed by atoms with Crippen LogP contribution in [0.5, 0.6) is 5.88 Å². The van der Waals surface area contributed by atoms with Crippen LogP contribution in [0.3, 0.4) is 0 Å². The van der Waals surface area contributed by atoms with Gasteiger partial charge in [-0.15, -0.1) is 0 Å². The lowest BCUT2D eigenvalue weighted by molar-refractivity contribution is 0.0693. The summed E-state index contributed by atoms with van der Waals surface area (Å²) in [5, 5.41) is 9.05. The van der Waals surface area contributed by atoms with E-state index in [4.69, 9.17) is 15.6 Å². The molecule has 23 heavy (non-hydrogen) atoms. The number of aromatic nitrogens is 3. The summed E-state index contributed by atoms with van der Waals surface area (Å²) in [6, 6.07) is 2.13. The molecule has 0 aliphatic rings. The Hall–Kier alpha value is -3.23. The predicted molar refractivity (Wildman–Crippen MR) is 76.3 cm³/mol. The minimum atomic E-state index is -1.28. The number of hydrogen-bond donors (Lipinski definition) is 2. The van der Waals surface area contributed by atoms with Crippen molar-refractivity contribution in [3.63, 3.8) is 0 Å². The number of halogens is 2. The molecule has 0 radical (unpaired) electrons. The predicted octanol–water partition coefficient (Wildman–Crippen LogP) is 1.96. The van der Waals surface area contributed by atoms with Crippen LogP contribution >= 0.6 is 0 Å². The number of aromatic carboxylic acids is 1. The number of nitrogens with zero attached hydrogens (tertiary/aromatic N) is 3. The molecule has 9 heteroatoms. The van der Waals surface area contributed by atoms with Gasteiger partial charge in [-0.25, -0.2) is 18.6 Å². The van der Waals surface area contributed by atoms with Crippen molar-refractivity contribution in [3.8, 4) is 17.0 Å². The summed E-state index contributed by atoms with van der Waals surface area (Å²) in [6.07, 6.45) is 2.46. The minimum absolute atomic E-state index is 0.0113. The summed E-state index contributed by atoms with van der Waals surface area (Å²) < 4.78 is 34.6. The van der Waals surface area contributed by atoms with E-state index >= 15 is 0 Å². The number of ether oxygens (including phenoxy) is 1. The van der Waals surface area contributed by atoms with E-state index in [-0.39, 0.29) is 28.5 Å². The van der Waals surface area contributed by atoms with Crippen LogP contribution in [0, 0.1) is 11.6 Å².